The van der Waals surface area contributed by atoms with Gasteiger partial charge in [-0.3, -0.25) is 14.4 Å². The molecule has 1 N–H and O–H groups in total. The number of nitrogens with one attached hydrogen (secondary N) is 1. The molecule has 1 amide bonds. The Labute approximate surface area is 213 Å². The molecule has 0 radical (unpaired) electrons. The van der Waals surface area contributed by atoms with Crippen LogP contribution in [-0.4, -0.2) is 18.8 Å². The molecule has 0 saturated heterocycles. The van der Waals surface area contributed by atoms with Gasteiger partial charge >= 0.3 is 0 Å². The SMILES string of the molecule is CONC(=O)C1(C)CC[C@]2(C)CC[C@]3(C)C(=CC(=O)[C@@H]4[C@@]5(C)CCCC(C)(C)C5CC[C@]43C)[C@H]2C1. The molecule has 8 atom stereocenters. The summed E-state index contributed by atoms with van der Waals surface area (Å²) in [7, 11) is 1.51. The molecule has 4 saturated carbocycles. The lowest BCUT2D eigenvalue weighted by Gasteiger charge is -2.70. The van der Waals surface area contributed by atoms with Gasteiger partial charge in [0.1, 0.15) is 0 Å². The number of hydrogen-bond acceptors (Lipinski definition) is 3. The number of ketones is 1. The normalized spacial score (nSPS) is 50.7. The second kappa shape index (κ2) is 7.68. The van der Waals surface area contributed by atoms with Crippen LogP contribution in [0.15, 0.2) is 11.6 Å². The summed E-state index contributed by atoms with van der Waals surface area (Å²) in [5.41, 5.74) is 4.09. The zero-order chi connectivity index (χ0) is 25.7. The number of carbonyl (C=O) groups is 2. The third-order valence-corrected chi connectivity index (χ3v) is 13.1. The average molecular weight is 484 g/mol. The Kier molecular flexibility index (Phi) is 5.59. The maximum atomic E-state index is 14.3. The smallest absolute Gasteiger partial charge is 0.249 e. The highest BCUT2D eigenvalue weighted by Gasteiger charge is 2.69. The van der Waals surface area contributed by atoms with Crippen molar-refractivity contribution in [1.82, 2.24) is 5.48 Å². The lowest BCUT2D eigenvalue weighted by Crippen LogP contribution is -2.65. The van der Waals surface area contributed by atoms with Crippen LogP contribution in [0, 0.1) is 50.2 Å². The van der Waals surface area contributed by atoms with Gasteiger partial charge in [-0.2, -0.15) is 0 Å². The fourth-order valence-electron chi connectivity index (χ4n) is 10.7. The highest BCUT2D eigenvalue weighted by atomic mass is 16.6. The maximum absolute atomic E-state index is 14.3. The standard InChI is InChI=1S/C31H49NO3/c1-26(2)11-9-12-29(5)23(26)10-13-31(7)24(29)22(33)18-20-21-19-28(4,25(34)32-35-8)15-14-27(21,3)16-17-30(20,31)6/h18,21,23-24H,9-17,19H2,1-8H3,(H,32,34)/t21-,23?,24-,27-,28?,29+,30-,31-/m1/s1. The molecule has 5 rings (SSSR count). The van der Waals surface area contributed by atoms with E-state index in [2.05, 4.69) is 60.0 Å². The lowest BCUT2D eigenvalue weighted by atomic mass is 9.33. The third-order valence-electron chi connectivity index (χ3n) is 13.1. The molecule has 0 spiro atoms. The number of rotatable bonds is 2. The summed E-state index contributed by atoms with van der Waals surface area (Å²) in [6, 6.07) is 0. The Hall–Kier alpha value is -1.16. The van der Waals surface area contributed by atoms with Gasteiger partial charge in [-0.05, 0) is 103 Å². The topological polar surface area (TPSA) is 55.4 Å². The predicted molar refractivity (Wildman–Crippen MR) is 139 cm³/mol. The van der Waals surface area contributed by atoms with Gasteiger partial charge in [0.05, 0.1) is 7.11 Å². The molecule has 0 aromatic carbocycles. The monoisotopic (exact) mass is 483 g/mol. The minimum Gasteiger partial charge on any atom is -0.295 e. The Morgan fingerprint density at radius 3 is 2.31 bits per heavy atom. The molecule has 196 valence electrons. The van der Waals surface area contributed by atoms with E-state index < -0.39 is 5.41 Å². The van der Waals surface area contributed by atoms with Crippen LogP contribution >= 0.6 is 0 Å². The summed E-state index contributed by atoms with van der Waals surface area (Å²) in [6.45, 7) is 16.9. The Morgan fingerprint density at radius 1 is 0.943 bits per heavy atom. The summed E-state index contributed by atoms with van der Waals surface area (Å²) in [4.78, 5) is 32.4. The van der Waals surface area contributed by atoms with Crippen LogP contribution in [0.4, 0.5) is 0 Å². The van der Waals surface area contributed by atoms with Crippen molar-refractivity contribution < 1.29 is 14.4 Å². The number of carbonyl (C=O) groups excluding carboxylic acids is 2. The third kappa shape index (κ3) is 3.26. The lowest BCUT2D eigenvalue weighted by molar-refractivity contribution is -0.185. The van der Waals surface area contributed by atoms with E-state index >= 15 is 0 Å². The van der Waals surface area contributed by atoms with Gasteiger partial charge in [0, 0.05) is 11.3 Å². The first-order valence-electron chi connectivity index (χ1n) is 14.3. The van der Waals surface area contributed by atoms with Crippen molar-refractivity contribution in [3.8, 4) is 0 Å². The molecule has 5 aliphatic rings. The van der Waals surface area contributed by atoms with E-state index in [1.54, 1.807) is 0 Å². The quantitative estimate of drug-likeness (QED) is 0.429. The van der Waals surface area contributed by atoms with Crippen molar-refractivity contribution in [3.05, 3.63) is 11.6 Å². The number of fused-ring (bicyclic) bond motifs is 7. The molecule has 0 heterocycles. The van der Waals surface area contributed by atoms with Crippen molar-refractivity contribution in [2.75, 3.05) is 7.11 Å². The zero-order valence-electron chi connectivity index (χ0n) is 23.6. The highest BCUT2D eigenvalue weighted by molar-refractivity contribution is 5.95. The van der Waals surface area contributed by atoms with Crippen LogP contribution in [0.25, 0.3) is 0 Å². The maximum Gasteiger partial charge on any atom is 0.249 e. The largest absolute Gasteiger partial charge is 0.295 e. The number of hydrogen-bond donors (Lipinski definition) is 1. The van der Waals surface area contributed by atoms with Gasteiger partial charge in [0.25, 0.3) is 0 Å². The molecular weight excluding hydrogens is 434 g/mol. The predicted octanol–water partition coefficient (Wildman–Crippen LogP) is 7.03. The number of amides is 1. The minimum absolute atomic E-state index is 0.0152. The Bertz CT molecular complexity index is 968. The minimum atomic E-state index is -0.461. The molecule has 4 nitrogen and oxygen atoms in total. The van der Waals surface area contributed by atoms with Crippen LogP contribution in [0.1, 0.15) is 113 Å². The Balaban J connectivity index is 1.59. The molecule has 0 bridgehead atoms. The summed E-state index contributed by atoms with van der Waals surface area (Å²) in [5, 5.41) is 0. The van der Waals surface area contributed by atoms with E-state index in [9.17, 15) is 9.59 Å². The van der Waals surface area contributed by atoms with E-state index in [0.29, 0.717) is 17.1 Å². The fraction of sp³-hybridized carbons (Fsp3) is 0.871. The molecule has 0 aromatic rings. The van der Waals surface area contributed by atoms with Crippen molar-refractivity contribution in [3.63, 3.8) is 0 Å². The van der Waals surface area contributed by atoms with Crippen LogP contribution < -0.4 is 5.48 Å². The van der Waals surface area contributed by atoms with Crippen LogP contribution in [0.2, 0.25) is 0 Å². The van der Waals surface area contributed by atoms with E-state index in [-0.39, 0.29) is 39.4 Å². The number of hydroxylamine groups is 1. The summed E-state index contributed by atoms with van der Waals surface area (Å²) in [5.74, 6) is 1.38. The molecule has 4 fully saturated rings. The van der Waals surface area contributed by atoms with Gasteiger partial charge in [0.15, 0.2) is 5.78 Å². The first-order chi connectivity index (χ1) is 16.2. The zero-order valence-corrected chi connectivity index (χ0v) is 23.6. The van der Waals surface area contributed by atoms with Crippen molar-refractivity contribution in [2.45, 2.75) is 113 Å². The van der Waals surface area contributed by atoms with Crippen LogP contribution in [0.3, 0.4) is 0 Å². The first-order valence-corrected chi connectivity index (χ1v) is 14.3. The van der Waals surface area contributed by atoms with Crippen molar-refractivity contribution in [1.29, 1.82) is 0 Å². The second-order valence-electron chi connectivity index (χ2n) is 15.2. The first kappa shape index (κ1) is 25.5. The molecular formula is C31H49NO3. The van der Waals surface area contributed by atoms with Crippen molar-refractivity contribution >= 4 is 11.7 Å². The van der Waals surface area contributed by atoms with Gasteiger partial charge in [-0.25, -0.2) is 5.48 Å². The summed E-state index contributed by atoms with van der Waals surface area (Å²) in [6.07, 6.45) is 13.3. The second-order valence-corrected chi connectivity index (χ2v) is 15.2. The summed E-state index contributed by atoms with van der Waals surface area (Å²) < 4.78 is 0. The van der Waals surface area contributed by atoms with E-state index in [4.69, 9.17) is 4.84 Å². The van der Waals surface area contributed by atoms with Gasteiger partial charge in [-0.15, -0.1) is 0 Å². The Morgan fingerprint density at radius 2 is 1.63 bits per heavy atom. The molecule has 4 heteroatoms. The van der Waals surface area contributed by atoms with Gasteiger partial charge < -0.3 is 0 Å². The van der Waals surface area contributed by atoms with Crippen LogP contribution in [0.5, 0.6) is 0 Å². The van der Waals surface area contributed by atoms with E-state index in [1.165, 1.54) is 44.8 Å². The molecule has 0 aromatic heterocycles. The number of allylic oxidation sites excluding steroid dienone is 2. The van der Waals surface area contributed by atoms with Gasteiger partial charge in [0.2, 0.25) is 5.91 Å². The van der Waals surface area contributed by atoms with E-state index in [0.717, 1.165) is 32.1 Å². The van der Waals surface area contributed by atoms with Crippen molar-refractivity contribution in [2.24, 2.45) is 50.2 Å². The fourth-order valence-corrected chi connectivity index (χ4v) is 10.7. The average Bonchev–Trinajstić information content (AvgIpc) is 2.76. The van der Waals surface area contributed by atoms with Crippen LogP contribution in [-0.2, 0) is 14.4 Å². The molecule has 5 aliphatic carbocycles. The molecule has 0 aliphatic heterocycles. The van der Waals surface area contributed by atoms with Gasteiger partial charge in [-0.1, -0.05) is 60.5 Å². The molecule has 2 unspecified atom stereocenters. The van der Waals surface area contributed by atoms with E-state index in [1.807, 2.05) is 0 Å². The molecule has 35 heavy (non-hydrogen) atoms. The summed E-state index contributed by atoms with van der Waals surface area (Å²) >= 11 is 0. The highest BCUT2D eigenvalue weighted by Crippen LogP contribution is 2.75.